The molecule has 0 unspecified atom stereocenters. The Hall–Kier alpha value is -1.46. The van der Waals surface area contributed by atoms with Crippen LogP contribution in [0, 0.1) is 0 Å². The molecule has 22 heavy (non-hydrogen) atoms. The number of anilines is 1. The lowest BCUT2D eigenvalue weighted by molar-refractivity contribution is -0.138. The minimum atomic E-state index is 0.0596. The van der Waals surface area contributed by atoms with Crippen LogP contribution in [0.15, 0.2) is 18.2 Å². The molecular weight excluding hydrogens is 325 g/mol. The molecule has 0 atom stereocenters. The van der Waals surface area contributed by atoms with Gasteiger partial charge in [-0.2, -0.15) is 0 Å². The Balaban J connectivity index is 1.77. The zero-order valence-electron chi connectivity index (χ0n) is 12.4. The van der Waals surface area contributed by atoms with Crippen molar-refractivity contribution >= 4 is 40.7 Å². The average molecular weight is 344 g/mol. The van der Waals surface area contributed by atoms with Crippen molar-refractivity contribution in [3.05, 3.63) is 28.2 Å². The number of carbonyl (C=O) groups is 2. The predicted octanol–water partition coefficient (Wildman–Crippen LogP) is 2.49. The maximum Gasteiger partial charge on any atom is 0.224 e. The molecule has 1 aliphatic rings. The van der Waals surface area contributed by atoms with Gasteiger partial charge >= 0.3 is 0 Å². The van der Waals surface area contributed by atoms with Crippen LogP contribution < -0.4 is 5.32 Å². The SMILES string of the molecule is CC(=O)N1CCN(C(=O)CCNc2cccc(Cl)c2Cl)CC1. The van der Waals surface area contributed by atoms with E-state index in [-0.39, 0.29) is 11.8 Å². The van der Waals surface area contributed by atoms with Crippen LogP contribution >= 0.6 is 23.2 Å². The van der Waals surface area contributed by atoms with E-state index in [1.165, 1.54) is 0 Å². The summed E-state index contributed by atoms with van der Waals surface area (Å²) in [5, 5.41) is 4.07. The highest BCUT2D eigenvalue weighted by Gasteiger charge is 2.21. The average Bonchev–Trinajstić information content (AvgIpc) is 2.51. The summed E-state index contributed by atoms with van der Waals surface area (Å²) in [5.74, 6) is 0.137. The number of halogens is 2. The molecular formula is C15H19Cl2N3O2. The third-order valence-corrected chi connectivity index (χ3v) is 4.50. The fourth-order valence-corrected chi connectivity index (χ4v) is 2.74. The fourth-order valence-electron chi connectivity index (χ4n) is 2.37. The van der Waals surface area contributed by atoms with E-state index in [9.17, 15) is 9.59 Å². The predicted molar refractivity (Wildman–Crippen MR) is 88.4 cm³/mol. The van der Waals surface area contributed by atoms with Crippen molar-refractivity contribution in [3.8, 4) is 0 Å². The van der Waals surface area contributed by atoms with Crippen LogP contribution in [-0.2, 0) is 9.59 Å². The molecule has 0 aromatic heterocycles. The maximum absolute atomic E-state index is 12.1. The molecule has 2 amide bonds. The summed E-state index contributed by atoms with van der Waals surface area (Å²) in [6.45, 7) is 4.44. The van der Waals surface area contributed by atoms with Crippen LogP contribution in [0.2, 0.25) is 10.0 Å². The Kier molecular flexibility index (Phi) is 5.91. The van der Waals surface area contributed by atoms with E-state index < -0.39 is 0 Å². The molecule has 1 fully saturated rings. The molecule has 7 heteroatoms. The third-order valence-electron chi connectivity index (χ3n) is 3.68. The van der Waals surface area contributed by atoms with Gasteiger partial charge in [0.1, 0.15) is 0 Å². The van der Waals surface area contributed by atoms with Crippen molar-refractivity contribution < 1.29 is 9.59 Å². The molecule has 1 saturated heterocycles. The second-order valence-corrected chi connectivity index (χ2v) is 5.95. The molecule has 1 aromatic rings. The van der Waals surface area contributed by atoms with Crippen LogP contribution in [0.25, 0.3) is 0 Å². The Morgan fingerprint density at radius 2 is 1.77 bits per heavy atom. The van der Waals surface area contributed by atoms with E-state index in [0.717, 1.165) is 5.69 Å². The lowest BCUT2D eigenvalue weighted by atomic mass is 10.2. The number of rotatable bonds is 4. The van der Waals surface area contributed by atoms with E-state index in [1.807, 2.05) is 6.07 Å². The van der Waals surface area contributed by atoms with Crippen molar-refractivity contribution in [2.75, 3.05) is 38.0 Å². The highest BCUT2D eigenvalue weighted by atomic mass is 35.5. The van der Waals surface area contributed by atoms with E-state index in [0.29, 0.717) is 49.2 Å². The van der Waals surface area contributed by atoms with Crippen LogP contribution in [0.3, 0.4) is 0 Å². The van der Waals surface area contributed by atoms with Crippen LogP contribution in [0.5, 0.6) is 0 Å². The lowest BCUT2D eigenvalue weighted by Crippen LogP contribution is -2.50. The molecule has 0 aliphatic carbocycles. The number of benzene rings is 1. The monoisotopic (exact) mass is 343 g/mol. The second kappa shape index (κ2) is 7.70. The molecule has 0 bridgehead atoms. The number of nitrogens with zero attached hydrogens (tertiary/aromatic N) is 2. The topological polar surface area (TPSA) is 52.7 Å². The quantitative estimate of drug-likeness (QED) is 0.913. The molecule has 1 N–H and O–H groups in total. The van der Waals surface area contributed by atoms with Gasteiger partial charge in [0.05, 0.1) is 15.7 Å². The number of amides is 2. The summed E-state index contributed by atoms with van der Waals surface area (Å²) >= 11 is 12.0. The summed E-state index contributed by atoms with van der Waals surface area (Å²) in [6.07, 6.45) is 0.378. The first-order valence-electron chi connectivity index (χ1n) is 7.20. The van der Waals surface area contributed by atoms with E-state index in [1.54, 1.807) is 28.9 Å². The first kappa shape index (κ1) is 16.9. The van der Waals surface area contributed by atoms with Crippen LogP contribution in [0.1, 0.15) is 13.3 Å². The summed E-state index contributed by atoms with van der Waals surface area (Å²) < 4.78 is 0. The number of nitrogens with one attached hydrogen (secondary N) is 1. The van der Waals surface area contributed by atoms with E-state index in [2.05, 4.69) is 5.32 Å². The van der Waals surface area contributed by atoms with Crippen molar-refractivity contribution in [2.45, 2.75) is 13.3 Å². The van der Waals surface area contributed by atoms with Gasteiger partial charge in [0.2, 0.25) is 11.8 Å². The van der Waals surface area contributed by atoms with Gasteiger partial charge in [-0.05, 0) is 12.1 Å². The van der Waals surface area contributed by atoms with Gasteiger partial charge in [-0.3, -0.25) is 9.59 Å². The molecule has 5 nitrogen and oxygen atoms in total. The van der Waals surface area contributed by atoms with Gasteiger partial charge in [0, 0.05) is 46.1 Å². The molecule has 0 spiro atoms. The second-order valence-electron chi connectivity index (χ2n) is 5.17. The highest BCUT2D eigenvalue weighted by Crippen LogP contribution is 2.29. The largest absolute Gasteiger partial charge is 0.383 e. The Labute approximate surface area is 140 Å². The summed E-state index contributed by atoms with van der Waals surface area (Å²) in [4.78, 5) is 26.9. The molecule has 0 saturated carbocycles. The number of hydrogen-bond donors (Lipinski definition) is 1. The Morgan fingerprint density at radius 3 is 2.41 bits per heavy atom. The standard InChI is InChI=1S/C15H19Cl2N3O2/c1-11(21)19-7-9-20(10-8-19)14(22)5-6-18-13-4-2-3-12(16)15(13)17/h2-4,18H,5-10H2,1H3. The van der Waals surface area contributed by atoms with E-state index >= 15 is 0 Å². The molecule has 1 heterocycles. The van der Waals surface area contributed by atoms with Gasteiger partial charge in [-0.1, -0.05) is 29.3 Å². The lowest BCUT2D eigenvalue weighted by Gasteiger charge is -2.34. The third kappa shape index (κ3) is 4.27. The smallest absolute Gasteiger partial charge is 0.224 e. The van der Waals surface area contributed by atoms with Crippen molar-refractivity contribution in [2.24, 2.45) is 0 Å². The molecule has 1 aliphatic heterocycles. The summed E-state index contributed by atoms with van der Waals surface area (Å²) in [6, 6.07) is 5.35. The zero-order chi connectivity index (χ0) is 16.1. The van der Waals surface area contributed by atoms with Crippen molar-refractivity contribution in [3.63, 3.8) is 0 Å². The number of piperazine rings is 1. The Morgan fingerprint density at radius 1 is 1.14 bits per heavy atom. The van der Waals surface area contributed by atoms with Gasteiger partial charge in [-0.25, -0.2) is 0 Å². The van der Waals surface area contributed by atoms with Crippen molar-refractivity contribution in [1.29, 1.82) is 0 Å². The maximum atomic E-state index is 12.1. The van der Waals surface area contributed by atoms with Crippen LogP contribution in [0.4, 0.5) is 5.69 Å². The fraction of sp³-hybridized carbons (Fsp3) is 0.467. The zero-order valence-corrected chi connectivity index (χ0v) is 14.0. The first-order chi connectivity index (χ1) is 10.5. The Bertz CT molecular complexity index is 558. The number of hydrogen-bond acceptors (Lipinski definition) is 3. The highest BCUT2D eigenvalue weighted by molar-refractivity contribution is 6.43. The molecule has 2 rings (SSSR count). The van der Waals surface area contributed by atoms with E-state index in [4.69, 9.17) is 23.2 Å². The van der Waals surface area contributed by atoms with Gasteiger partial charge in [0.25, 0.3) is 0 Å². The molecule has 120 valence electrons. The van der Waals surface area contributed by atoms with Crippen molar-refractivity contribution in [1.82, 2.24) is 9.80 Å². The van der Waals surface area contributed by atoms with Gasteiger partial charge < -0.3 is 15.1 Å². The van der Waals surface area contributed by atoms with Gasteiger partial charge in [0.15, 0.2) is 0 Å². The summed E-state index contributed by atoms with van der Waals surface area (Å²) in [5.41, 5.74) is 0.725. The minimum absolute atomic E-state index is 0.0596. The van der Waals surface area contributed by atoms with Gasteiger partial charge in [-0.15, -0.1) is 0 Å². The summed E-state index contributed by atoms with van der Waals surface area (Å²) in [7, 11) is 0. The molecule has 1 aromatic carbocycles. The number of carbonyl (C=O) groups excluding carboxylic acids is 2. The molecule has 0 radical (unpaired) electrons. The first-order valence-corrected chi connectivity index (χ1v) is 7.96. The van der Waals surface area contributed by atoms with Crippen LogP contribution in [-0.4, -0.2) is 54.3 Å². The normalized spacial score (nSPS) is 14.9. The minimum Gasteiger partial charge on any atom is -0.383 e.